The standard InChI is InChI=1S/C21H23N3O4S2/c25-18(6-2-1-4-16-19-15(12-30-16)23-21(27)24-19)28-14-9-7-13(8-10-14)22-20(26)17-5-3-11-29-17/h3,5,7-11,15-16,19H,1-2,4,6,12H2,(H,22,26)(H2,23,24,27)/t15-,16-,19-/m0/s1. The maximum atomic E-state index is 12.1. The number of thioether (sulfide) groups is 1. The Hall–Kier alpha value is -2.52. The van der Waals surface area contributed by atoms with Gasteiger partial charge >= 0.3 is 12.0 Å². The normalized spacial score (nSPS) is 22.1. The predicted molar refractivity (Wildman–Crippen MR) is 118 cm³/mol. The van der Waals surface area contributed by atoms with E-state index in [2.05, 4.69) is 16.0 Å². The fourth-order valence-electron chi connectivity index (χ4n) is 3.65. The van der Waals surface area contributed by atoms with Crippen LogP contribution >= 0.6 is 23.1 Å². The first-order valence-corrected chi connectivity index (χ1v) is 11.9. The number of benzene rings is 1. The van der Waals surface area contributed by atoms with Crippen molar-refractivity contribution in [3.05, 3.63) is 46.7 Å². The van der Waals surface area contributed by atoms with Crippen molar-refractivity contribution in [1.29, 1.82) is 0 Å². The first-order chi connectivity index (χ1) is 14.6. The molecule has 2 saturated heterocycles. The Labute approximate surface area is 183 Å². The number of unbranched alkanes of at least 4 members (excludes halogenated alkanes) is 1. The van der Waals surface area contributed by atoms with E-state index in [0.717, 1.165) is 25.0 Å². The Balaban J connectivity index is 1.15. The van der Waals surface area contributed by atoms with Crippen molar-refractivity contribution in [2.24, 2.45) is 0 Å². The van der Waals surface area contributed by atoms with Crippen LogP contribution in [0.5, 0.6) is 5.75 Å². The smallest absolute Gasteiger partial charge is 0.315 e. The molecule has 2 fully saturated rings. The molecule has 3 atom stereocenters. The molecule has 1 aromatic carbocycles. The third-order valence-corrected chi connectivity index (χ3v) is 7.52. The maximum absolute atomic E-state index is 12.1. The number of hydrogen-bond donors (Lipinski definition) is 3. The summed E-state index contributed by atoms with van der Waals surface area (Å²) >= 11 is 3.26. The molecule has 2 aliphatic heterocycles. The van der Waals surface area contributed by atoms with Gasteiger partial charge in [0.15, 0.2) is 0 Å². The number of ether oxygens (including phenoxy) is 1. The van der Waals surface area contributed by atoms with Gasteiger partial charge in [0, 0.05) is 23.1 Å². The van der Waals surface area contributed by atoms with Gasteiger partial charge in [-0.15, -0.1) is 11.3 Å². The summed E-state index contributed by atoms with van der Waals surface area (Å²) in [5, 5.41) is 11.0. The van der Waals surface area contributed by atoms with Gasteiger partial charge in [0.05, 0.1) is 17.0 Å². The molecule has 0 bridgehead atoms. The molecular weight excluding hydrogens is 422 g/mol. The van der Waals surface area contributed by atoms with Crippen molar-refractivity contribution < 1.29 is 19.1 Å². The number of fused-ring (bicyclic) bond motifs is 1. The molecule has 4 rings (SSSR count). The van der Waals surface area contributed by atoms with Gasteiger partial charge in [-0.2, -0.15) is 11.8 Å². The van der Waals surface area contributed by atoms with Gasteiger partial charge in [-0.05, 0) is 48.6 Å². The molecule has 3 N–H and O–H groups in total. The number of urea groups is 1. The zero-order valence-corrected chi connectivity index (χ0v) is 17.9. The summed E-state index contributed by atoms with van der Waals surface area (Å²) < 4.78 is 5.38. The molecule has 1 aromatic heterocycles. The number of anilines is 1. The molecule has 2 aliphatic rings. The molecule has 158 valence electrons. The fourth-order valence-corrected chi connectivity index (χ4v) is 5.81. The maximum Gasteiger partial charge on any atom is 0.315 e. The summed E-state index contributed by atoms with van der Waals surface area (Å²) in [7, 11) is 0. The molecule has 3 heterocycles. The van der Waals surface area contributed by atoms with E-state index in [1.807, 2.05) is 23.2 Å². The number of nitrogens with one attached hydrogen (secondary N) is 3. The molecule has 9 heteroatoms. The van der Waals surface area contributed by atoms with Gasteiger partial charge < -0.3 is 20.7 Å². The SMILES string of the molecule is O=C1N[C@H]2[C@H](CS[C@H]2CCCCC(=O)Oc2ccc(NC(=O)c3cccs3)cc2)N1. The number of amides is 3. The predicted octanol–water partition coefficient (Wildman–Crippen LogP) is 3.63. The number of hydrogen-bond acceptors (Lipinski definition) is 6. The van der Waals surface area contributed by atoms with E-state index in [4.69, 9.17) is 4.74 Å². The lowest BCUT2D eigenvalue weighted by atomic mass is 10.0. The van der Waals surface area contributed by atoms with Gasteiger partial charge in [-0.1, -0.05) is 12.5 Å². The third-order valence-electron chi connectivity index (χ3n) is 5.15. The van der Waals surface area contributed by atoms with E-state index in [-0.39, 0.29) is 30.0 Å². The number of esters is 1. The van der Waals surface area contributed by atoms with Gasteiger partial charge in [-0.25, -0.2) is 4.79 Å². The van der Waals surface area contributed by atoms with Gasteiger partial charge in [0.1, 0.15) is 5.75 Å². The Kier molecular flexibility index (Phi) is 6.59. The highest BCUT2D eigenvalue weighted by Gasteiger charge is 2.42. The third kappa shape index (κ3) is 5.14. The molecule has 0 saturated carbocycles. The van der Waals surface area contributed by atoms with Crippen molar-refractivity contribution in [2.45, 2.75) is 43.0 Å². The average molecular weight is 446 g/mol. The molecule has 0 radical (unpaired) electrons. The van der Waals surface area contributed by atoms with Crippen LogP contribution in [-0.4, -0.2) is 41.0 Å². The zero-order valence-electron chi connectivity index (χ0n) is 16.3. The van der Waals surface area contributed by atoms with E-state index in [9.17, 15) is 14.4 Å². The summed E-state index contributed by atoms with van der Waals surface area (Å²) in [6.45, 7) is 0. The zero-order chi connectivity index (χ0) is 20.9. The highest BCUT2D eigenvalue weighted by atomic mass is 32.2. The molecule has 7 nitrogen and oxygen atoms in total. The topological polar surface area (TPSA) is 96.5 Å². The first kappa shape index (κ1) is 20.7. The van der Waals surface area contributed by atoms with Crippen molar-refractivity contribution >= 4 is 46.7 Å². The second-order valence-corrected chi connectivity index (χ2v) is 9.52. The van der Waals surface area contributed by atoms with Crippen LogP contribution in [-0.2, 0) is 4.79 Å². The number of rotatable bonds is 8. The Morgan fingerprint density at radius 1 is 1.13 bits per heavy atom. The Morgan fingerprint density at radius 2 is 1.97 bits per heavy atom. The van der Waals surface area contributed by atoms with Crippen molar-refractivity contribution in [3.63, 3.8) is 0 Å². The lowest BCUT2D eigenvalue weighted by molar-refractivity contribution is -0.134. The van der Waals surface area contributed by atoms with Crippen LogP contribution < -0.4 is 20.7 Å². The summed E-state index contributed by atoms with van der Waals surface area (Å²) in [6, 6.07) is 10.7. The van der Waals surface area contributed by atoms with Gasteiger partial charge in [0.2, 0.25) is 0 Å². The van der Waals surface area contributed by atoms with E-state index >= 15 is 0 Å². The second kappa shape index (κ2) is 9.53. The molecule has 0 unspecified atom stereocenters. The second-order valence-electron chi connectivity index (χ2n) is 7.30. The van der Waals surface area contributed by atoms with Gasteiger partial charge in [-0.3, -0.25) is 9.59 Å². The Bertz CT molecular complexity index is 901. The highest BCUT2D eigenvalue weighted by molar-refractivity contribution is 8.00. The molecule has 30 heavy (non-hydrogen) atoms. The van der Waals surface area contributed by atoms with Crippen LogP contribution in [0.15, 0.2) is 41.8 Å². The molecule has 2 aromatic rings. The van der Waals surface area contributed by atoms with Crippen molar-refractivity contribution in [2.75, 3.05) is 11.1 Å². The largest absolute Gasteiger partial charge is 0.427 e. The van der Waals surface area contributed by atoms with Crippen LogP contribution in [0.25, 0.3) is 0 Å². The highest BCUT2D eigenvalue weighted by Crippen LogP contribution is 2.33. The van der Waals surface area contributed by atoms with Crippen LogP contribution in [0, 0.1) is 0 Å². The average Bonchev–Trinajstić information content (AvgIpc) is 3.45. The molecule has 3 amide bonds. The summed E-state index contributed by atoms with van der Waals surface area (Å²) in [5.41, 5.74) is 0.647. The van der Waals surface area contributed by atoms with Crippen LogP contribution in [0.4, 0.5) is 10.5 Å². The molecule has 0 aliphatic carbocycles. The molecular formula is C21H23N3O4S2. The van der Waals surface area contributed by atoms with E-state index < -0.39 is 0 Å². The first-order valence-electron chi connectivity index (χ1n) is 9.93. The van der Waals surface area contributed by atoms with E-state index in [1.165, 1.54) is 11.3 Å². The summed E-state index contributed by atoms with van der Waals surface area (Å²) in [4.78, 5) is 36.2. The van der Waals surface area contributed by atoms with Crippen LogP contribution in [0.2, 0.25) is 0 Å². The number of carbonyl (C=O) groups is 3. The summed E-state index contributed by atoms with van der Waals surface area (Å²) in [5.74, 6) is 0.982. The van der Waals surface area contributed by atoms with Crippen LogP contribution in [0.3, 0.4) is 0 Å². The minimum absolute atomic E-state index is 0.0732. The van der Waals surface area contributed by atoms with Crippen molar-refractivity contribution in [1.82, 2.24) is 10.6 Å². The van der Waals surface area contributed by atoms with Crippen molar-refractivity contribution in [3.8, 4) is 5.75 Å². The van der Waals surface area contributed by atoms with Crippen LogP contribution in [0.1, 0.15) is 35.4 Å². The molecule has 0 spiro atoms. The lowest BCUT2D eigenvalue weighted by Gasteiger charge is -2.16. The lowest BCUT2D eigenvalue weighted by Crippen LogP contribution is -2.36. The quantitative estimate of drug-likeness (QED) is 0.250. The summed E-state index contributed by atoms with van der Waals surface area (Å²) in [6.07, 6.45) is 3.00. The van der Waals surface area contributed by atoms with E-state index in [0.29, 0.717) is 28.0 Å². The number of carbonyl (C=O) groups excluding carboxylic acids is 3. The fraction of sp³-hybridized carbons (Fsp3) is 0.381. The minimum atomic E-state index is -0.266. The number of thiophene rings is 1. The monoisotopic (exact) mass is 445 g/mol. The minimum Gasteiger partial charge on any atom is -0.427 e. The van der Waals surface area contributed by atoms with E-state index in [1.54, 1.807) is 30.3 Å². The van der Waals surface area contributed by atoms with Gasteiger partial charge in [0.25, 0.3) is 5.91 Å². The Morgan fingerprint density at radius 3 is 2.73 bits per heavy atom.